The van der Waals surface area contributed by atoms with E-state index in [2.05, 4.69) is 0 Å². The van der Waals surface area contributed by atoms with Gasteiger partial charge in [-0.05, 0) is 47.9 Å². The Hall–Kier alpha value is -2.20. The molecule has 0 atom stereocenters. The fraction of sp³-hybridized carbons (Fsp3) is 0.278. The molecule has 2 aromatic carbocycles. The third-order valence-electron chi connectivity index (χ3n) is 4.08. The van der Waals surface area contributed by atoms with Crippen molar-refractivity contribution in [2.45, 2.75) is 13.0 Å². The molecule has 2 aromatic rings. The molecule has 0 saturated carbocycles. The summed E-state index contributed by atoms with van der Waals surface area (Å²) < 4.78 is 10.7. The number of amides is 1. The zero-order chi connectivity index (χ0) is 16.4. The number of benzene rings is 2. The molecule has 0 saturated heterocycles. The lowest BCUT2D eigenvalue weighted by Crippen LogP contribution is -2.36. The van der Waals surface area contributed by atoms with Crippen LogP contribution in [0.5, 0.6) is 11.5 Å². The first-order chi connectivity index (χ1) is 11.1. The molecular formula is C18H18ClNO3. The lowest BCUT2D eigenvalue weighted by molar-refractivity contribution is 0.0734. The van der Waals surface area contributed by atoms with Crippen LogP contribution in [0.3, 0.4) is 0 Å². The third kappa shape index (κ3) is 3.13. The van der Waals surface area contributed by atoms with E-state index in [-0.39, 0.29) is 5.91 Å². The summed E-state index contributed by atoms with van der Waals surface area (Å²) in [4.78, 5) is 14.5. The number of hydrogen-bond donors (Lipinski definition) is 0. The van der Waals surface area contributed by atoms with Gasteiger partial charge in [-0.1, -0.05) is 17.7 Å². The Morgan fingerprint density at radius 3 is 2.43 bits per heavy atom. The molecule has 1 amide bonds. The van der Waals surface area contributed by atoms with Crippen molar-refractivity contribution >= 4 is 17.5 Å². The summed E-state index contributed by atoms with van der Waals surface area (Å²) in [5.41, 5.74) is 2.89. The average molecular weight is 332 g/mol. The number of fused-ring (bicyclic) bond motifs is 1. The van der Waals surface area contributed by atoms with Gasteiger partial charge in [-0.3, -0.25) is 4.79 Å². The summed E-state index contributed by atoms with van der Waals surface area (Å²) in [5, 5.41) is 0.569. The molecule has 120 valence electrons. The van der Waals surface area contributed by atoms with Crippen LogP contribution in [0, 0.1) is 0 Å². The number of rotatable bonds is 3. The van der Waals surface area contributed by atoms with Gasteiger partial charge in [0.1, 0.15) is 0 Å². The van der Waals surface area contributed by atoms with Crippen molar-refractivity contribution in [2.75, 3.05) is 20.8 Å². The molecule has 23 heavy (non-hydrogen) atoms. The number of nitrogens with zero attached hydrogens (tertiary/aromatic N) is 1. The number of carbonyl (C=O) groups excluding carboxylic acids is 1. The van der Waals surface area contributed by atoms with Gasteiger partial charge in [0.2, 0.25) is 0 Å². The van der Waals surface area contributed by atoms with Crippen LogP contribution < -0.4 is 9.47 Å². The van der Waals surface area contributed by atoms with E-state index >= 15 is 0 Å². The fourth-order valence-electron chi connectivity index (χ4n) is 2.86. The van der Waals surface area contributed by atoms with Gasteiger partial charge in [0.15, 0.2) is 11.5 Å². The molecule has 0 unspecified atom stereocenters. The quantitative estimate of drug-likeness (QED) is 0.863. The van der Waals surface area contributed by atoms with Crippen LogP contribution in [0.25, 0.3) is 0 Å². The summed E-state index contributed by atoms with van der Waals surface area (Å²) in [6.07, 6.45) is 0.794. The number of methoxy groups -OCH3 is 2. The molecule has 0 N–H and O–H groups in total. The fourth-order valence-corrected chi connectivity index (χ4v) is 3.05. The van der Waals surface area contributed by atoms with Crippen molar-refractivity contribution in [3.8, 4) is 11.5 Å². The second-order valence-corrected chi connectivity index (χ2v) is 5.90. The van der Waals surface area contributed by atoms with Crippen molar-refractivity contribution in [2.24, 2.45) is 0 Å². The van der Waals surface area contributed by atoms with Crippen LogP contribution in [0.2, 0.25) is 5.02 Å². The van der Waals surface area contributed by atoms with Gasteiger partial charge in [-0.15, -0.1) is 0 Å². The van der Waals surface area contributed by atoms with Crippen molar-refractivity contribution in [1.29, 1.82) is 0 Å². The maximum Gasteiger partial charge on any atom is 0.254 e. The summed E-state index contributed by atoms with van der Waals surface area (Å²) in [5.74, 6) is 1.40. The van der Waals surface area contributed by atoms with E-state index in [0.717, 1.165) is 17.7 Å². The van der Waals surface area contributed by atoms with Crippen LogP contribution in [-0.4, -0.2) is 31.6 Å². The molecular weight excluding hydrogens is 314 g/mol. The Morgan fingerprint density at radius 1 is 1.09 bits per heavy atom. The van der Waals surface area contributed by atoms with E-state index in [1.54, 1.807) is 38.5 Å². The predicted octanol–water partition coefficient (Wildman–Crippen LogP) is 3.56. The first kappa shape index (κ1) is 15.7. The minimum atomic E-state index is -0.00654. The lowest BCUT2D eigenvalue weighted by atomic mass is 9.98. The molecule has 1 heterocycles. The zero-order valence-electron chi connectivity index (χ0n) is 13.1. The van der Waals surface area contributed by atoms with Crippen molar-refractivity contribution in [3.05, 3.63) is 58.1 Å². The maximum atomic E-state index is 12.7. The Kier molecular flexibility index (Phi) is 4.44. The molecule has 0 radical (unpaired) electrons. The summed E-state index contributed by atoms with van der Waals surface area (Å²) in [7, 11) is 3.24. The van der Waals surface area contributed by atoms with Crippen LogP contribution in [0.4, 0.5) is 0 Å². The van der Waals surface area contributed by atoms with Crippen molar-refractivity contribution < 1.29 is 14.3 Å². The van der Waals surface area contributed by atoms with Gasteiger partial charge >= 0.3 is 0 Å². The van der Waals surface area contributed by atoms with Crippen LogP contribution in [0.1, 0.15) is 21.5 Å². The van der Waals surface area contributed by atoms with Gasteiger partial charge in [-0.25, -0.2) is 0 Å². The number of ether oxygens (including phenoxy) is 2. The predicted molar refractivity (Wildman–Crippen MR) is 89.4 cm³/mol. The van der Waals surface area contributed by atoms with E-state index in [0.29, 0.717) is 29.4 Å². The highest BCUT2D eigenvalue weighted by Crippen LogP contribution is 2.33. The van der Waals surface area contributed by atoms with Crippen LogP contribution in [-0.2, 0) is 13.0 Å². The minimum Gasteiger partial charge on any atom is -0.493 e. The van der Waals surface area contributed by atoms with E-state index in [1.165, 1.54) is 5.56 Å². The first-order valence-corrected chi connectivity index (χ1v) is 7.79. The number of carbonyl (C=O) groups is 1. The molecule has 1 aliphatic heterocycles. The summed E-state index contributed by atoms with van der Waals surface area (Å²) in [6.45, 7) is 1.23. The molecule has 3 rings (SSSR count). The Bertz CT molecular complexity index is 745. The summed E-state index contributed by atoms with van der Waals surface area (Å²) >= 11 is 5.98. The van der Waals surface area contributed by atoms with Gasteiger partial charge < -0.3 is 14.4 Å². The van der Waals surface area contributed by atoms with E-state index in [4.69, 9.17) is 21.1 Å². The second kappa shape index (κ2) is 6.50. The standard InChI is InChI=1S/C18H18ClNO3/c1-22-16-9-12-6-7-20(11-14(12)10-17(16)23-2)18(21)13-4-3-5-15(19)8-13/h3-5,8-10H,6-7,11H2,1-2H3. The van der Waals surface area contributed by atoms with E-state index < -0.39 is 0 Å². The van der Waals surface area contributed by atoms with Gasteiger partial charge in [0.05, 0.1) is 14.2 Å². The highest BCUT2D eigenvalue weighted by Gasteiger charge is 2.23. The lowest BCUT2D eigenvalue weighted by Gasteiger charge is -2.29. The van der Waals surface area contributed by atoms with Crippen LogP contribution in [0.15, 0.2) is 36.4 Å². The SMILES string of the molecule is COc1cc2c(cc1OC)CN(C(=O)c1cccc(Cl)c1)CC2. The van der Waals surface area contributed by atoms with E-state index in [9.17, 15) is 4.79 Å². The smallest absolute Gasteiger partial charge is 0.254 e. The first-order valence-electron chi connectivity index (χ1n) is 7.41. The molecule has 5 heteroatoms. The van der Waals surface area contributed by atoms with E-state index in [1.807, 2.05) is 17.0 Å². The third-order valence-corrected chi connectivity index (χ3v) is 4.31. The van der Waals surface area contributed by atoms with Crippen molar-refractivity contribution in [1.82, 2.24) is 4.90 Å². The molecule has 0 spiro atoms. The highest BCUT2D eigenvalue weighted by atomic mass is 35.5. The summed E-state index contributed by atoms with van der Waals surface area (Å²) in [6, 6.07) is 11.0. The second-order valence-electron chi connectivity index (χ2n) is 5.46. The Labute approximate surface area is 140 Å². The molecule has 0 aromatic heterocycles. The molecule has 0 fully saturated rings. The van der Waals surface area contributed by atoms with Gasteiger partial charge in [0.25, 0.3) is 5.91 Å². The Balaban J connectivity index is 1.86. The Morgan fingerprint density at radius 2 is 1.78 bits per heavy atom. The molecule has 0 bridgehead atoms. The van der Waals surface area contributed by atoms with Gasteiger partial charge in [0, 0.05) is 23.7 Å². The molecule has 0 aliphatic carbocycles. The number of hydrogen-bond acceptors (Lipinski definition) is 3. The zero-order valence-corrected chi connectivity index (χ0v) is 13.9. The normalized spacial score (nSPS) is 13.4. The minimum absolute atomic E-state index is 0.00654. The highest BCUT2D eigenvalue weighted by molar-refractivity contribution is 6.30. The topological polar surface area (TPSA) is 38.8 Å². The van der Waals surface area contributed by atoms with Crippen molar-refractivity contribution in [3.63, 3.8) is 0 Å². The van der Waals surface area contributed by atoms with Gasteiger partial charge in [-0.2, -0.15) is 0 Å². The number of halogens is 1. The van der Waals surface area contributed by atoms with Crippen LogP contribution >= 0.6 is 11.6 Å². The maximum absolute atomic E-state index is 12.7. The average Bonchev–Trinajstić information content (AvgIpc) is 2.59. The monoisotopic (exact) mass is 331 g/mol. The molecule has 1 aliphatic rings. The molecule has 4 nitrogen and oxygen atoms in total. The largest absolute Gasteiger partial charge is 0.493 e.